The molecule has 2 nitrogen and oxygen atoms in total. The van der Waals surface area contributed by atoms with Crippen molar-refractivity contribution in [2.45, 2.75) is 0 Å². The van der Waals surface area contributed by atoms with Gasteiger partial charge < -0.3 is 4.90 Å². The summed E-state index contributed by atoms with van der Waals surface area (Å²) in [6.07, 6.45) is 1.63. The minimum absolute atomic E-state index is 0.0911. The molecule has 0 radical (unpaired) electrons. The Morgan fingerprint density at radius 2 is 2.15 bits per heavy atom. The molecule has 0 aliphatic rings. The summed E-state index contributed by atoms with van der Waals surface area (Å²) in [5.41, 5.74) is 0.639. The molecular formula is C9H10ClFN2. The van der Waals surface area contributed by atoms with Crippen LogP contribution in [0.3, 0.4) is 0 Å². The zero-order valence-electron chi connectivity index (χ0n) is 7.46. The topological polar surface area (TPSA) is 15.6 Å². The van der Waals surface area contributed by atoms with Crippen molar-refractivity contribution in [1.82, 2.24) is 4.90 Å². The highest BCUT2D eigenvalue weighted by atomic mass is 35.5. The van der Waals surface area contributed by atoms with Crippen molar-refractivity contribution >= 4 is 23.6 Å². The van der Waals surface area contributed by atoms with Crippen molar-refractivity contribution in [3.8, 4) is 0 Å². The van der Waals surface area contributed by atoms with E-state index in [0.717, 1.165) is 0 Å². The first-order valence-electron chi connectivity index (χ1n) is 3.75. The van der Waals surface area contributed by atoms with E-state index in [9.17, 15) is 4.39 Å². The van der Waals surface area contributed by atoms with Gasteiger partial charge >= 0.3 is 0 Å². The Kier molecular flexibility index (Phi) is 3.25. The average Bonchev–Trinajstić information content (AvgIpc) is 2.07. The van der Waals surface area contributed by atoms with Gasteiger partial charge in [0.15, 0.2) is 0 Å². The summed E-state index contributed by atoms with van der Waals surface area (Å²) < 4.78 is 12.7. The smallest absolute Gasteiger partial charge is 0.141 e. The quantitative estimate of drug-likeness (QED) is 0.530. The summed E-state index contributed by atoms with van der Waals surface area (Å²) in [5.74, 6) is -0.425. The molecule has 13 heavy (non-hydrogen) atoms. The zero-order chi connectivity index (χ0) is 9.84. The third-order valence-corrected chi connectivity index (χ3v) is 1.63. The summed E-state index contributed by atoms with van der Waals surface area (Å²) in [5, 5.41) is 0.0911. The number of aliphatic imine (C=N–C) groups is 1. The predicted molar refractivity (Wildman–Crippen MR) is 53.2 cm³/mol. The summed E-state index contributed by atoms with van der Waals surface area (Å²) >= 11 is 5.57. The second kappa shape index (κ2) is 4.23. The molecule has 0 bridgehead atoms. The zero-order valence-corrected chi connectivity index (χ0v) is 8.22. The highest BCUT2D eigenvalue weighted by molar-refractivity contribution is 6.31. The summed E-state index contributed by atoms with van der Waals surface area (Å²) in [6.45, 7) is 0. The molecule has 0 saturated carbocycles. The largest absolute Gasteiger partial charge is 0.369 e. The first-order chi connectivity index (χ1) is 6.09. The third-order valence-electron chi connectivity index (χ3n) is 1.34. The Hall–Kier alpha value is -1.09. The second-order valence-electron chi connectivity index (χ2n) is 2.81. The SMILES string of the molecule is CN(C)C=Nc1ccc(F)c(Cl)c1. The van der Waals surface area contributed by atoms with Gasteiger partial charge in [-0.25, -0.2) is 9.38 Å². The Bertz CT molecular complexity index is 323. The molecule has 0 atom stereocenters. The molecule has 0 unspecified atom stereocenters. The van der Waals surface area contributed by atoms with Crippen molar-refractivity contribution in [2.24, 2.45) is 4.99 Å². The van der Waals surface area contributed by atoms with Crippen LogP contribution in [-0.2, 0) is 0 Å². The summed E-state index contributed by atoms with van der Waals surface area (Å²) in [4.78, 5) is 5.85. The van der Waals surface area contributed by atoms with E-state index in [1.807, 2.05) is 14.1 Å². The number of benzene rings is 1. The molecule has 0 aliphatic carbocycles. The number of rotatable bonds is 2. The van der Waals surface area contributed by atoms with Gasteiger partial charge in [-0.2, -0.15) is 0 Å². The molecule has 1 aromatic rings. The molecule has 0 N–H and O–H groups in total. The van der Waals surface area contributed by atoms with Crippen LogP contribution >= 0.6 is 11.6 Å². The van der Waals surface area contributed by atoms with Crippen molar-refractivity contribution in [3.63, 3.8) is 0 Å². The standard InChI is InChI=1S/C9H10ClFN2/c1-13(2)6-12-7-3-4-9(11)8(10)5-7/h3-6H,1-2H3. The molecule has 0 aromatic heterocycles. The van der Waals surface area contributed by atoms with Crippen LogP contribution < -0.4 is 0 Å². The summed E-state index contributed by atoms with van der Waals surface area (Å²) in [6, 6.07) is 4.35. The van der Waals surface area contributed by atoms with E-state index >= 15 is 0 Å². The maximum absolute atomic E-state index is 12.7. The van der Waals surface area contributed by atoms with Gasteiger partial charge in [0, 0.05) is 14.1 Å². The minimum atomic E-state index is -0.425. The molecule has 0 saturated heterocycles. The molecule has 70 valence electrons. The van der Waals surface area contributed by atoms with Gasteiger partial charge in [-0.1, -0.05) is 11.6 Å². The lowest BCUT2D eigenvalue weighted by atomic mass is 10.3. The molecule has 1 aromatic carbocycles. The molecule has 0 amide bonds. The van der Waals surface area contributed by atoms with Crippen LogP contribution in [0.15, 0.2) is 23.2 Å². The van der Waals surface area contributed by atoms with Gasteiger partial charge in [0.05, 0.1) is 17.0 Å². The van der Waals surface area contributed by atoms with Gasteiger partial charge in [0.1, 0.15) is 5.82 Å². The number of hydrogen-bond acceptors (Lipinski definition) is 1. The van der Waals surface area contributed by atoms with Crippen LogP contribution in [-0.4, -0.2) is 25.3 Å². The Morgan fingerprint density at radius 3 is 2.69 bits per heavy atom. The monoisotopic (exact) mass is 200 g/mol. The molecule has 4 heteroatoms. The Balaban J connectivity index is 2.85. The highest BCUT2D eigenvalue weighted by Crippen LogP contribution is 2.20. The van der Waals surface area contributed by atoms with E-state index in [1.54, 1.807) is 17.3 Å². The van der Waals surface area contributed by atoms with Crippen molar-refractivity contribution in [3.05, 3.63) is 29.0 Å². The van der Waals surface area contributed by atoms with Crippen LogP contribution in [0.4, 0.5) is 10.1 Å². The number of halogens is 2. The van der Waals surface area contributed by atoms with Gasteiger partial charge in [-0.05, 0) is 18.2 Å². The van der Waals surface area contributed by atoms with Crippen LogP contribution in [0, 0.1) is 5.82 Å². The molecule has 0 fully saturated rings. The van der Waals surface area contributed by atoms with E-state index in [4.69, 9.17) is 11.6 Å². The first kappa shape index (κ1) is 9.99. The Morgan fingerprint density at radius 1 is 1.46 bits per heavy atom. The maximum atomic E-state index is 12.7. The third kappa shape index (κ3) is 3.03. The molecule has 0 aliphatic heterocycles. The fourth-order valence-corrected chi connectivity index (χ4v) is 0.922. The molecule has 0 spiro atoms. The number of nitrogens with zero attached hydrogens (tertiary/aromatic N) is 2. The van der Waals surface area contributed by atoms with Crippen molar-refractivity contribution in [1.29, 1.82) is 0 Å². The van der Waals surface area contributed by atoms with E-state index in [-0.39, 0.29) is 5.02 Å². The first-order valence-corrected chi connectivity index (χ1v) is 4.13. The van der Waals surface area contributed by atoms with Gasteiger partial charge in [0.2, 0.25) is 0 Å². The molecule has 0 heterocycles. The predicted octanol–water partition coefficient (Wildman–Crippen LogP) is 2.70. The lowest BCUT2D eigenvalue weighted by molar-refractivity contribution is 0.628. The van der Waals surface area contributed by atoms with Crippen LogP contribution in [0.5, 0.6) is 0 Å². The van der Waals surface area contributed by atoms with E-state index < -0.39 is 5.82 Å². The van der Waals surface area contributed by atoms with Crippen LogP contribution in [0.2, 0.25) is 5.02 Å². The van der Waals surface area contributed by atoms with Crippen molar-refractivity contribution < 1.29 is 4.39 Å². The lowest BCUT2D eigenvalue weighted by Crippen LogP contribution is -2.06. The van der Waals surface area contributed by atoms with E-state index in [0.29, 0.717) is 5.69 Å². The maximum Gasteiger partial charge on any atom is 0.141 e. The lowest BCUT2D eigenvalue weighted by Gasteiger charge is -2.02. The van der Waals surface area contributed by atoms with Gasteiger partial charge in [-0.3, -0.25) is 0 Å². The minimum Gasteiger partial charge on any atom is -0.369 e. The van der Waals surface area contributed by atoms with Crippen molar-refractivity contribution in [2.75, 3.05) is 14.1 Å². The van der Waals surface area contributed by atoms with Crippen LogP contribution in [0.25, 0.3) is 0 Å². The normalized spacial score (nSPS) is 10.8. The molecule has 1 rings (SSSR count). The summed E-state index contributed by atoms with van der Waals surface area (Å²) in [7, 11) is 3.71. The van der Waals surface area contributed by atoms with Gasteiger partial charge in [-0.15, -0.1) is 0 Å². The second-order valence-corrected chi connectivity index (χ2v) is 3.21. The average molecular weight is 201 g/mol. The number of hydrogen-bond donors (Lipinski definition) is 0. The Labute approximate surface area is 81.7 Å². The fraction of sp³-hybridized carbons (Fsp3) is 0.222. The highest BCUT2D eigenvalue weighted by Gasteiger charge is 1.98. The molecular weight excluding hydrogens is 191 g/mol. The van der Waals surface area contributed by atoms with E-state index in [1.165, 1.54) is 12.1 Å². The van der Waals surface area contributed by atoms with E-state index in [2.05, 4.69) is 4.99 Å². The fourth-order valence-electron chi connectivity index (χ4n) is 0.747. The van der Waals surface area contributed by atoms with Gasteiger partial charge in [0.25, 0.3) is 0 Å². The van der Waals surface area contributed by atoms with Crippen LogP contribution in [0.1, 0.15) is 0 Å².